The zero-order valence-corrected chi connectivity index (χ0v) is 4.78. The molecule has 0 bridgehead atoms. The Balaban J connectivity index is 3.16. The van der Waals surface area contributed by atoms with Gasteiger partial charge in [-0.15, -0.1) is 0 Å². The molecule has 4 N–H and O–H groups in total. The summed E-state index contributed by atoms with van der Waals surface area (Å²) < 4.78 is 4.03. The Morgan fingerprint density at radius 1 is 1.78 bits per heavy atom. The highest BCUT2D eigenvalue weighted by atomic mass is 16.7. The van der Waals surface area contributed by atoms with Gasteiger partial charge >= 0.3 is 6.16 Å². The molecule has 0 aliphatic rings. The van der Waals surface area contributed by atoms with Gasteiger partial charge in [0.2, 0.25) is 0 Å². The van der Waals surface area contributed by atoms with Gasteiger partial charge in [-0.25, -0.2) is 4.79 Å². The summed E-state index contributed by atoms with van der Waals surface area (Å²) in [6.45, 7) is -0.431. The summed E-state index contributed by atoms with van der Waals surface area (Å²) in [6.07, 6.45) is -1.38. The van der Waals surface area contributed by atoms with Crippen LogP contribution in [-0.4, -0.2) is 35.6 Å². The van der Waals surface area contributed by atoms with Crippen LogP contribution in [0.4, 0.5) is 4.79 Å². The third-order valence-electron chi connectivity index (χ3n) is 0.655. The van der Waals surface area contributed by atoms with Gasteiger partial charge < -0.3 is 20.7 Å². The summed E-state index contributed by atoms with van der Waals surface area (Å²) in [6, 6.07) is -0.610. The van der Waals surface area contributed by atoms with Crippen LogP contribution in [0.3, 0.4) is 0 Å². The maximum Gasteiger partial charge on any atom is 0.505 e. The van der Waals surface area contributed by atoms with Crippen LogP contribution < -0.4 is 5.73 Å². The van der Waals surface area contributed by atoms with Crippen molar-refractivity contribution in [3.8, 4) is 0 Å². The molecular formula is C4H9NO4. The molecule has 0 amide bonds. The van der Waals surface area contributed by atoms with Gasteiger partial charge in [0.05, 0.1) is 12.6 Å². The van der Waals surface area contributed by atoms with Gasteiger partial charge in [0.15, 0.2) is 0 Å². The quantitative estimate of drug-likeness (QED) is 0.431. The number of carbonyl (C=O) groups is 1. The third kappa shape index (κ3) is 5.05. The minimum absolute atomic E-state index is 0.161. The Labute approximate surface area is 52.0 Å². The fraction of sp³-hybridized carbons (Fsp3) is 0.750. The first-order chi connectivity index (χ1) is 4.16. The van der Waals surface area contributed by atoms with Crippen molar-refractivity contribution in [2.24, 2.45) is 5.73 Å². The van der Waals surface area contributed by atoms with Crippen LogP contribution in [0.15, 0.2) is 0 Å². The molecule has 0 aromatic carbocycles. The second kappa shape index (κ2) is 4.11. The first-order valence-corrected chi connectivity index (χ1v) is 2.39. The zero-order valence-electron chi connectivity index (χ0n) is 4.78. The monoisotopic (exact) mass is 135 g/mol. The van der Waals surface area contributed by atoms with Gasteiger partial charge in [0.25, 0.3) is 0 Å². The molecule has 0 heterocycles. The fourth-order valence-electron chi connectivity index (χ4n) is 0.231. The van der Waals surface area contributed by atoms with Crippen LogP contribution >= 0.6 is 0 Å². The summed E-state index contributed by atoms with van der Waals surface area (Å²) in [4.78, 5) is 9.66. The van der Waals surface area contributed by atoms with Crippen molar-refractivity contribution in [1.82, 2.24) is 0 Å². The molecule has 0 aromatic rings. The van der Waals surface area contributed by atoms with E-state index in [9.17, 15) is 4.79 Å². The van der Waals surface area contributed by atoms with Crippen molar-refractivity contribution in [1.29, 1.82) is 0 Å². The van der Waals surface area contributed by atoms with Crippen molar-refractivity contribution >= 4 is 6.16 Å². The number of hydrogen-bond acceptors (Lipinski definition) is 4. The van der Waals surface area contributed by atoms with Crippen LogP contribution in [0, 0.1) is 0 Å². The highest BCUT2D eigenvalue weighted by molar-refractivity contribution is 5.56. The summed E-state index contributed by atoms with van der Waals surface area (Å²) >= 11 is 0. The number of ether oxygens (including phenoxy) is 1. The van der Waals surface area contributed by atoms with Crippen molar-refractivity contribution in [2.75, 3.05) is 13.2 Å². The lowest BCUT2D eigenvalue weighted by molar-refractivity contribution is 0.0789. The highest BCUT2D eigenvalue weighted by Crippen LogP contribution is 1.79. The van der Waals surface area contributed by atoms with Crippen molar-refractivity contribution < 1.29 is 19.7 Å². The van der Waals surface area contributed by atoms with E-state index < -0.39 is 12.2 Å². The van der Waals surface area contributed by atoms with E-state index in [1.165, 1.54) is 0 Å². The van der Waals surface area contributed by atoms with Crippen LogP contribution in [-0.2, 0) is 4.74 Å². The molecule has 0 aliphatic heterocycles. The van der Waals surface area contributed by atoms with Gasteiger partial charge in [-0.1, -0.05) is 0 Å². The molecule has 54 valence electrons. The van der Waals surface area contributed by atoms with Crippen LogP contribution in [0.2, 0.25) is 0 Å². The SMILES string of the molecule is NC(CO)COC(=O)O. The second-order valence-electron chi connectivity index (χ2n) is 1.52. The molecule has 0 aliphatic carbocycles. The molecule has 5 heteroatoms. The first-order valence-electron chi connectivity index (χ1n) is 2.39. The Morgan fingerprint density at radius 3 is 2.67 bits per heavy atom. The maximum absolute atomic E-state index is 9.66. The predicted molar refractivity (Wildman–Crippen MR) is 29.0 cm³/mol. The summed E-state index contributed by atoms with van der Waals surface area (Å²) in [5, 5.41) is 16.1. The van der Waals surface area contributed by atoms with E-state index in [1.807, 2.05) is 0 Å². The molecule has 0 saturated heterocycles. The molecule has 9 heavy (non-hydrogen) atoms. The van der Waals surface area contributed by atoms with Gasteiger partial charge in [-0.05, 0) is 0 Å². The fourth-order valence-corrected chi connectivity index (χ4v) is 0.231. The lowest BCUT2D eigenvalue weighted by atomic mass is 10.4. The minimum Gasteiger partial charge on any atom is -0.450 e. The van der Waals surface area contributed by atoms with Gasteiger partial charge in [-0.3, -0.25) is 0 Å². The molecule has 0 spiro atoms. The zero-order chi connectivity index (χ0) is 7.28. The van der Waals surface area contributed by atoms with E-state index in [-0.39, 0.29) is 13.2 Å². The van der Waals surface area contributed by atoms with E-state index in [0.717, 1.165) is 0 Å². The molecule has 1 unspecified atom stereocenters. The standard InChI is InChI=1S/C4H9NO4/c5-3(1-6)2-9-4(7)8/h3,6H,1-2,5H2,(H,7,8). The van der Waals surface area contributed by atoms with E-state index in [4.69, 9.17) is 15.9 Å². The number of rotatable bonds is 3. The highest BCUT2D eigenvalue weighted by Gasteiger charge is 2.02. The summed E-state index contributed by atoms with van der Waals surface area (Å²) in [5.74, 6) is 0. The Bertz CT molecular complexity index is 94.6. The summed E-state index contributed by atoms with van der Waals surface area (Å²) in [7, 11) is 0. The molecule has 0 fully saturated rings. The topological polar surface area (TPSA) is 92.8 Å². The molecular weight excluding hydrogens is 126 g/mol. The van der Waals surface area contributed by atoms with E-state index in [2.05, 4.69) is 4.74 Å². The largest absolute Gasteiger partial charge is 0.505 e. The van der Waals surface area contributed by atoms with Crippen LogP contribution in [0.25, 0.3) is 0 Å². The van der Waals surface area contributed by atoms with E-state index in [1.54, 1.807) is 0 Å². The lowest BCUT2D eigenvalue weighted by Crippen LogP contribution is -2.30. The number of hydrogen-bond donors (Lipinski definition) is 3. The average Bonchev–Trinajstić information content (AvgIpc) is 1.83. The van der Waals surface area contributed by atoms with Gasteiger partial charge in [-0.2, -0.15) is 0 Å². The maximum atomic E-state index is 9.66. The van der Waals surface area contributed by atoms with Crippen molar-refractivity contribution in [3.63, 3.8) is 0 Å². The second-order valence-corrected chi connectivity index (χ2v) is 1.52. The molecule has 0 aromatic heterocycles. The molecule has 0 saturated carbocycles. The number of aliphatic hydroxyl groups excluding tert-OH is 1. The normalized spacial score (nSPS) is 12.7. The number of aliphatic hydroxyl groups is 1. The Hall–Kier alpha value is -0.810. The molecule has 0 radical (unpaired) electrons. The van der Waals surface area contributed by atoms with Crippen LogP contribution in [0.5, 0.6) is 0 Å². The Kier molecular flexibility index (Phi) is 3.74. The summed E-state index contributed by atoms with van der Waals surface area (Å²) in [5.41, 5.74) is 5.08. The Morgan fingerprint density at radius 2 is 2.33 bits per heavy atom. The predicted octanol–water partition coefficient (Wildman–Crippen LogP) is -0.999. The van der Waals surface area contributed by atoms with Crippen molar-refractivity contribution in [3.05, 3.63) is 0 Å². The average molecular weight is 135 g/mol. The van der Waals surface area contributed by atoms with Crippen LogP contribution in [0.1, 0.15) is 0 Å². The first kappa shape index (κ1) is 8.19. The van der Waals surface area contributed by atoms with Gasteiger partial charge in [0.1, 0.15) is 6.61 Å². The molecule has 5 nitrogen and oxygen atoms in total. The van der Waals surface area contributed by atoms with Crippen molar-refractivity contribution in [2.45, 2.75) is 6.04 Å². The molecule has 1 atom stereocenters. The number of carboxylic acid groups (broad SMARTS) is 1. The van der Waals surface area contributed by atoms with Gasteiger partial charge in [0, 0.05) is 0 Å². The number of nitrogens with two attached hydrogens (primary N) is 1. The third-order valence-corrected chi connectivity index (χ3v) is 0.655. The van der Waals surface area contributed by atoms with E-state index in [0.29, 0.717) is 0 Å². The smallest absolute Gasteiger partial charge is 0.450 e. The minimum atomic E-state index is -1.38. The lowest BCUT2D eigenvalue weighted by Gasteiger charge is -2.04. The molecule has 0 rings (SSSR count). The van der Waals surface area contributed by atoms with E-state index >= 15 is 0 Å².